The molecule has 17 heteroatoms. The summed E-state index contributed by atoms with van der Waals surface area (Å²) in [6.45, 7) is 57.0. The minimum Gasteiger partial charge on any atom is -0.512 e. The van der Waals surface area contributed by atoms with E-state index in [4.69, 9.17) is 142 Å². The zero-order valence-electron chi connectivity index (χ0n) is 14.2. The van der Waals surface area contributed by atoms with Crippen molar-refractivity contribution in [3.8, 4) is 0 Å². The van der Waals surface area contributed by atoms with Crippen LogP contribution in [0, 0.1) is 142 Å². The van der Waals surface area contributed by atoms with Crippen molar-refractivity contribution in [2.45, 2.75) is 0 Å². The van der Waals surface area contributed by atoms with Gasteiger partial charge in [0.25, 0.3) is 0 Å². The van der Waals surface area contributed by atoms with Gasteiger partial charge in [0, 0.05) is 0 Å². The van der Waals surface area contributed by atoms with Gasteiger partial charge in [-0.3, -0.25) is 0 Å². The van der Waals surface area contributed by atoms with Gasteiger partial charge in [0.15, 0.2) is 0 Å². The predicted octanol–water partition coefficient (Wildman–Crippen LogP) is 1.14. The van der Waals surface area contributed by atoms with Gasteiger partial charge in [-0.2, -0.15) is 0 Å². The zero-order chi connectivity index (χ0) is 24.0. The first kappa shape index (κ1) is 205. The molecule has 2 radical (unpaired) electrons. The maximum atomic E-state index is 6.25. The SMILES string of the molecule is [C-]#N.[C-]#N.[C-]#N.[C-]#N.[C-]#N.[C-]#N.[C-]#N.[C-]#N.[C-]#N.[C-]#N.[C-]#N.[C-]#N.[Fe+3].[Fe+3].[Zn+2].[Zn+2].[Zn+2]. The van der Waals surface area contributed by atoms with Crippen molar-refractivity contribution in [2.75, 3.05) is 0 Å². The molecule has 0 aliphatic rings. The molecule has 0 spiro atoms. The first-order chi connectivity index (χ1) is 12.0. The van der Waals surface area contributed by atoms with Crippen molar-refractivity contribution in [2.24, 2.45) is 0 Å². The third-order valence-electron chi connectivity index (χ3n) is 0. The van der Waals surface area contributed by atoms with Crippen LogP contribution in [0.25, 0.3) is 0 Å². The van der Waals surface area contributed by atoms with Crippen molar-refractivity contribution < 1.29 is 92.6 Å². The normalized spacial score (nSPS) is 0.828. The number of nitrogens with zero attached hydrogens (tertiary/aromatic N) is 12. The van der Waals surface area contributed by atoms with Gasteiger partial charge in [0.2, 0.25) is 0 Å². The molecule has 0 aromatic carbocycles. The van der Waals surface area contributed by atoms with Gasteiger partial charge in [-0.25, -0.2) is 0 Å². The second-order valence-electron chi connectivity index (χ2n) is 0. The third kappa shape index (κ3) is 1250. The van der Waals surface area contributed by atoms with Crippen molar-refractivity contribution >= 4 is 0 Å². The fourth-order valence-electron chi connectivity index (χ4n) is 0. The molecule has 0 saturated heterocycles. The Morgan fingerprint density at radius 2 is 0.172 bits per heavy atom. The molecule has 0 fully saturated rings. The smallest absolute Gasteiger partial charge is 0.512 e. The molecule has 0 aromatic rings. The summed E-state index contributed by atoms with van der Waals surface area (Å²) in [5, 5.41) is 75.0. The summed E-state index contributed by atoms with van der Waals surface area (Å²) >= 11 is 0. The summed E-state index contributed by atoms with van der Waals surface area (Å²) < 4.78 is 0. The van der Waals surface area contributed by atoms with Crippen LogP contribution in [-0.2, 0) is 92.6 Å². The zero-order valence-corrected chi connectivity index (χ0v) is 25.3. The number of hydrogen-bond donors (Lipinski definition) is 0. The van der Waals surface area contributed by atoms with Crippen LogP contribution in [-0.4, -0.2) is 0 Å². The van der Waals surface area contributed by atoms with E-state index in [1.54, 1.807) is 0 Å². The summed E-state index contributed by atoms with van der Waals surface area (Å²) in [5.41, 5.74) is 0. The van der Waals surface area contributed by atoms with Gasteiger partial charge in [-0.05, 0) is 0 Å². The van der Waals surface area contributed by atoms with Gasteiger partial charge in [-0.15, -0.1) is 0 Å². The van der Waals surface area contributed by atoms with E-state index in [9.17, 15) is 0 Å². The second-order valence-corrected chi connectivity index (χ2v) is 0. The number of hydrogen-bond acceptors (Lipinski definition) is 12. The van der Waals surface area contributed by atoms with Crippen LogP contribution >= 0.6 is 0 Å². The fourth-order valence-corrected chi connectivity index (χ4v) is 0. The molecule has 0 amide bonds. The van der Waals surface area contributed by atoms with Crippen molar-refractivity contribution in [1.29, 1.82) is 63.1 Å². The minimum atomic E-state index is 0. The van der Waals surface area contributed by atoms with Gasteiger partial charge in [0.1, 0.15) is 0 Å². The molecule has 0 aliphatic carbocycles. The minimum absolute atomic E-state index is 0. The Morgan fingerprint density at radius 3 is 0.172 bits per heavy atom. The Hall–Kier alpha value is -3.21. The van der Waals surface area contributed by atoms with E-state index in [1.165, 1.54) is 0 Å². The van der Waals surface area contributed by atoms with Crippen molar-refractivity contribution in [3.05, 3.63) is 78.9 Å². The van der Waals surface area contributed by atoms with Crippen LogP contribution in [0.1, 0.15) is 0 Å². The summed E-state index contributed by atoms with van der Waals surface area (Å²) in [7, 11) is 0. The molecule has 0 bridgehead atoms. The maximum Gasteiger partial charge on any atom is 3.00 e. The first-order valence-electron chi connectivity index (χ1n) is 2.68. The summed E-state index contributed by atoms with van der Waals surface area (Å²) in [5.74, 6) is 0. The Kier molecular flexibility index (Phi) is 9630. The topological polar surface area (TPSA) is 285 Å². The standard InChI is InChI=1S/12CN.2Fe.3Zn/c12*1-2;;;;;/q12*-1;2*+3;3*+2. The molecular formula is C12Fe2N12Zn3. The molecule has 130 valence electrons. The molecule has 0 unspecified atom stereocenters. The average Bonchev–Trinajstić information content (AvgIpc) is 2.84. The Labute approximate surface area is 232 Å². The summed E-state index contributed by atoms with van der Waals surface area (Å²) in [4.78, 5) is 0. The average molecular weight is 620 g/mol. The van der Waals surface area contributed by atoms with E-state index >= 15 is 0 Å². The quantitative estimate of drug-likeness (QED) is 0.272. The van der Waals surface area contributed by atoms with Crippen LogP contribution in [0.3, 0.4) is 0 Å². The third-order valence-corrected chi connectivity index (χ3v) is 0. The molecule has 12 nitrogen and oxygen atoms in total. The molecule has 29 heavy (non-hydrogen) atoms. The van der Waals surface area contributed by atoms with Crippen LogP contribution < -0.4 is 0 Å². The molecule has 0 N–H and O–H groups in total. The maximum absolute atomic E-state index is 6.25. The Bertz CT molecular complexity index is 234. The second kappa shape index (κ2) is 1360. The first-order valence-corrected chi connectivity index (χ1v) is 2.68. The van der Waals surface area contributed by atoms with Gasteiger partial charge in [0.05, 0.1) is 0 Å². The summed E-state index contributed by atoms with van der Waals surface area (Å²) in [6, 6.07) is 0. The molecule has 0 heterocycles. The summed E-state index contributed by atoms with van der Waals surface area (Å²) in [6.07, 6.45) is 0. The molecule has 0 rings (SSSR count). The van der Waals surface area contributed by atoms with E-state index in [0.717, 1.165) is 0 Å². The van der Waals surface area contributed by atoms with E-state index in [0.29, 0.717) is 0 Å². The van der Waals surface area contributed by atoms with E-state index in [-0.39, 0.29) is 92.6 Å². The van der Waals surface area contributed by atoms with Gasteiger partial charge < -0.3 is 142 Å². The van der Waals surface area contributed by atoms with E-state index < -0.39 is 0 Å². The number of rotatable bonds is 0. The van der Waals surface area contributed by atoms with Gasteiger partial charge >= 0.3 is 92.6 Å². The monoisotopic (exact) mass is 616 g/mol. The molecule has 0 aromatic heterocycles. The molecule has 0 saturated carbocycles. The van der Waals surface area contributed by atoms with Crippen LogP contribution in [0.15, 0.2) is 0 Å². The van der Waals surface area contributed by atoms with Crippen LogP contribution in [0.2, 0.25) is 0 Å². The van der Waals surface area contributed by atoms with Gasteiger partial charge in [-0.1, -0.05) is 0 Å². The molecule has 0 aliphatic heterocycles. The molecule has 0 atom stereocenters. The van der Waals surface area contributed by atoms with Crippen molar-refractivity contribution in [3.63, 3.8) is 0 Å². The van der Waals surface area contributed by atoms with Crippen LogP contribution in [0.4, 0.5) is 0 Å². The Morgan fingerprint density at radius 1 is 0.172 bits per heavy atom. The van der Waals surface area contributed by atoms with Crippen molar-refractivity contribution in [1.82, 2.24) is 0 Å². The molecular weight excluding hydrogens is 620 g/mol. The largest absolute Gasteiger partial charge is 3.00 e. The fraction of sp³-hybridized carbons (Fsp3) is 0. The Balaban J connectivity index is -0.00000000356. The van der Waals surface area contributed by atoms with E-state index in [2.05, 4.69) is 0 Å². The van der Waals surface area contributed by atoms with E-state index in [1.807, 2.05) is 0 Å². The predicted molar refractivity (Wildman–Crippen MR) is 59.6 cm³/mol. The van der Waals surface area contributed by atoms with Crippen LogP contribution in [0.5, 0.6) is 0 Å².